The van der Waals surface area contributed by atoms with E-state index in [0.29, 0.717) is 31.3 Å². The van der Waals surface area contributed by atoms with Crippen molar-refractivity contribution in [3.05, 3.63) is 29.0 Å². The maximum atomic E-state index is 13.0. The Hall–Kier alpha value is -2.22. The number of hydrogen-bond donors (Lipinski definition) is 0. The average Bonchev–Trinajstić information content (AvgIpc) is 3.32. The molecule has 2 aromatic heterocycles. The van der Waals surface area contributed by atoms with E-state index in [-0.39, 0.29) is 5.91 Å². The van der Waals surface area contributed by atoms with Crippen LogP contribution in [0.2, 0.25) is 0 Å². The third-order valence-corrected chi connectivity index (χ3v) is 5.65. The van der Waals surface area contributed by atoms with Crippen LogP contribution in [0.1, 0.15) is 65.4 Å². The summed E-state index contributed by atoms with van der Waals surface area (Å²) in [5.74, 6) is 3.43. The molecule has 8 heteroatoms. The van der Waals surface area contributed by atoms with E-state index in [4.69, 9.17) is 14.1 Å². The highest BCUT2D eigenvalue weighted by Gasteiger charge is 2.31. The number of nitrogens with zero attached hydrogens (tertiary/aromatic N) is 5. The highest BCUT2D eigenvalue weighted by atomic mass is 16.5. The Morgan fingerprint density at radius 1 is 1.08 bits per heavy atom. The molecular weight excluding hydrogens is 334 g/mol. The summed E-state index contributed by atoms with van der Waals surface area (Å²) in [7, 11) is 0. The van der Waals surface area contributed by atoms with Crippen molar-refractivity contribution in [2.75, 3.05) is 19.8 Å². The molecule has 1 amide bonds. The summed E-state index contributed by atoms with van der Waals surface area (Å²) in [4.78, 5) is 19.5. The number of oxazole rings is 1. The first kappa shape index (κ1) is 16.0. The van der Waals surface area contributed by atoms with Crippen LogP contribution in [-0.4, -0.2) is 50.3 Å². The number of fused-ring (bicyclic) bond motifs is 2. The fraction of sp³-hybridized carbons (Fsp3) is 0.667. The van der Waals surface area contributed by atoms with Crippen LogP contribution >= 0.6 is 0 Å². The van der Waals surface area contributed by atoms with E-state index in [0.717, 1.165) is 75.0 Å². The van der Waals surface area contributed by atoms with Crippen molar-refractivity contribution in [2.45, 2.75) is 57.5 Å². The van der Waals surface area contributed by atoms with E-state index in [2.05, 4.69) is 10.2 Å². The first-order valence-corrected chi connectivity index (χ1v) is 9.57. The van der Waals surface area contributed by atoms with Crippen LogP contribution in [0.4, 0.5) is 0 Å². The van der Waals surface area contributed by atoms with Gasteiger partial charge in [0, 0.05) is 45.1 Å². The summed E-state index contributed by atoms with van der Waals surface area (Å²) >= 11 is 0. The van der Waals surface area contributed by atoms with E-state index in [1.54, 1.807) is 0 Å². The molecule has 1 fully saturated rings. The molecule has 3 aliphatic heterocycles. The first-order valence-electron chi connectivity index (χ1n) is 9.57. The number of rotatable bonds is 2. The third-order valence-electron chi connectivity index (χ3n) is 5.65. The lowest BCUT2D eigenvalue weighted by Gasteiger charge is -2.25. The summed E-state index contributed by atoms with van der Waals surface area (Å²) in [5, 5.41) is 8.37. The van der Waals surface area contributed by atoms with Crippen molar-refractivity contribution in [3.63, 3.8) is 0 Å². The van der Waals surface area contributed by atoms with Gasteiger partial charge in [-0.05, 0) is 25.7 Å². The van der Waals surface area contributed by atoms with Crippen molar-refractivity contribution in [1.29, 1.82) is 0 Å². The van der Waals surface area contributed by atoms with Crippen LogP contribution in [0.5, 0.6) is 0 Å². The van der Waals surface area contributed by atoms with Gasteiger partial charge in [-0.15, -0.1) is 10.2 Å². The maximum absolute atomic E-state index is 13.0. The van der Waals surface area contributed by atoms with E-state index >= 15 is 0 Å². The van der Waals surface area contributed by atoms with Gasteiger partial charge in [-0.25, -0.2) is 4.98 Å². The Kier molecular flexibility index (Phi) is 4.00. The van der Waals surface area contributed by atoms with Crippen LogP contribution in [-0.2, 0) is 30.7 Å². The van der Waals surface area contributed by atoms with Crippen LogP contribution in [0.25, 0.3) is 0 Å². The number of aryl methyl sites for hydroxylation is 1. The molecule has 2 aromatic rings. The number of aromatic nitrogens is 4. The lowest BCUT2D eigenvalue weighted by Crippen LogP contribution is -2.37. The molecule has 0 radical (unpaired) electrons. The predicted molar refractivity (Wildman–Crippen MR) is 90.7 cm³/mol. The Morgan fingerprint density at radius 3 is 2.85 bits per heavy atom. The number of amides is 1. The Morgan fingerprint density at radius 2 is 1.96 bits per heavy atom. The highest BCUT2D eigenvalue weighted by molar-refractivity contribution is 5.90. The van der Waals surface area contributed by atoms with Gasteiger partial charge in [-0.1, -0.05) is 0 Å². The minimum absolute atomic E-state index is 0.0492. The van der Waals surface area contributed by atoms with Gasteiger partial charge in [0.2, 0.25) is 5.82 Å². The first-order chi connectivity index (χ1) is 12.8. The van der Waals surface area contributed by atoms with Gasteiger partial charge in [0.1, 0.15) is 17.3 Å². The zero-order valence-corrected chi connectivity index (χ0v) is 14.8. The van der Waals surface area contributed by atoms with Gasteiger partial charge in [-0.3, -0.25) is 4.79 Å². The molecule has 0 saturated carbocycles. The van der Waals surface area contributed by atoms with Crippen LogP contribution < -0.4 is 0 Å². The molecule has 5 rings (SSSR count). The maximum Gasteiger partial charge on any atom is 0.292 e. The Bertz CT molecular complexity index is 821. The van der Waals surface area contributed by atoms with E-state index in [9.17, 15) is 4.79 Å². The zero-order valence-electron chi connectivity index (χ0n) is 14.8. The lowest BCUT2D eigenvalue weighted by molar-refractivity contribution is 0.0707. The van der Waals surface area contributed by atoms with E-state index in [1.165, 1.54) is 0 Å². The highest BCUT2D eigenvalue weighted by Crippen LogP contribution is 2.30. The number of carbonyl (C=O) groups is 1. The predicted octanol–water partition coefficient (Wildman–Crippen LogP) is 1.69. The molecule has 0 unspecified atom stereocenters. The molecule has 3 aliphatic rings. The lowest BCUT2D eigenvalue weighted by atomic mass is 10.0. The van der Waals surface area contributed by atoms with Crippen molar-refractivity contribution < 1.29 is 13.9 Å². The van der Waals surface area contributed by atoms with Crippen molar-refractivity contribution in [3.8, 4) is 0 Å². The largest absolute Gasteiger partial charge is 0.445 e. The molecule has 0 N–H and O–H groups in total. The van der Waals surface area contributed by atoms with Gasteiger partial charge in [-0.2, -0.15) is 0 Å². The standard InChI is InChI=1S/C18H23N5O3/c24-18(16-21-20-15-3-1-2-7-23(15)16)22-8-4-14-13(11-22)19-17(26-14)12-5-9-25-10-6-12/h12H,1-11H2. The Labute approximate surface area is 151 Å². The number of ether oxygens (including phenoxy) is 1. The zero-order chi connectivity index (χ0) is 17.5. The van der Waals surface area contributed by atoms with Crippen molar-refractivity contribution >= 4 is 5.91 Å². The molecule has 5 heterocycles. The summed E-state index contributed by atoms with van der Waals surface area (Å²) in [6.07, 6.45) is 5.71. The smallest absolute Gasteiger partial charge is 0.292 e. The van der Waals surface area contributed by atoms with Crippen LogP contribution in [0.3, 0.4) is 0 Å². The fourth-order valence-corrected chi connectivity index (χ4v) is 4.12. The molecule has 26 heavy (non-hydrogen) atoms. The summed E-state index contributed by atoms with van der Waals surface area (Å²) < 4.78 is 13.4. The SMILES string of the molecule is O=C(c1nnc2n1CCCC2)N1CCc2oc(C3CCOCC3)nc2C1. The van der Waals surface area contributed by atoms with E-state index < -0.39 is 0 Å². The Balaban J connectivity index is 1.34. The molecule has 0 bridgehead atoms. The normalized spacial score (nSPS) is 20.7. The van der Waals surface area contributed by atoms with Gasteiger partial charge in [0.05, 0.1) is 6.54 Å². The fourth-order valence-electron chi connectivity index (χ4n) is 4.12. The minimum atomic E-state index is -0.0492. The molecule has 1 saturated heterocycles. The van der Waals surface area contributed by atoms with Gasteiger partial charge >= 0.3 is 0 Å². The third kappa shape index (κ3) is 2.72. The van der Waals surface area contributed by atoms with Crippen molar-refractivity contribution in [1.82, 2.24) is 24.6 Å². The van der Waals surface area contributed by atoms with Crippen LogP contribution in [0.15, 0.2) is 4.42 Å². The summed E-state index contributed by atoms with van der Waals surface area (Å²) in [6.45, 7) is 3.49. The molecule has 0 spiro atoms. The quantitative estimate of drug-likeness (QED) is 0.813. The molecule has 8 nitrogen and oxygen atoms in total. The van der Waals surface area contributed by atoms with Gasteiger partial charge in [0.25, 0.3) is 5.91 Å². The molecular formula is C18H23N5O3. The van der Waals surface area contributed by atoms with E-state index in [1.807, 2.05) is 9.47 Å². The molecule has 0 aliphatic carbocycles. The number of carbonyl (C=O) groups excluding carboxylic acids is 1. The van der Waals surface area contributed by atoms with Gasteiger partial charge in [0.15, 0.2) is 5.89 Å². The minimum Gasteiger partial charge on any atom is -0.445 e. The summed E-state index contributed by atoms with van der Waals surface area (Å²) in [6, 6.07) is 0. The number of hydrogen-bond acceptors (Lipinski definition) is 6. The van der Waals surface area contributed by atoms with Crippen molar-refractivity contribution in [2.24, 2.45) is 0 Å². The second kappa shape index (κ2) is 6.50. The second-order valence-corrected chi connectivity index (χ2v) is 7.33. The average molecular weight is 357 g/mol. The topological polar surface area (TPSA) is 86.3 Å². The molecule has 0 aromatic carbocycles. The molecule has 0 atom stereocenters. The summed E-state index contributed by atoms with van der Waals surface area (Å²) in [5.41, 5.74) is 0.893. The molecule has 138 valence electrons. The second-order valence-electron chi connectivity index (χ2n) is 7.33. The van der Waals surface area contributed by atoms with Gasteiger partial charge < -0.3 is 18.6 Å². The monoisotopic (exact) mass is 357 g/mol. The van der Waals surface area contributed by atoms with Crippen LogP contribution in [0, 0.1) is 0 Å².